The number of hydrogen-bond donors (Lipinski definition) is 3. The fourth-order valence-corrected chi connectivity index (χ4v) is 1.21. The van der Waals surface area contributed by atoms with Gasteiger partial charge < -0.3 is 24.8 Å². The van der Waals surface area contributed by atoms with Gasteiger partial charge in [0.05, 0.1) is 38.6 Å². The van der Waals surface area contributed by atoms with Crippen molar-refractivity contribution in [2.24, 2.45) is 0 Å². The van der Waals surface area contributed by atoms with Crippen molar-refractivity contribution in [2.45, 2.75) is 45.0 Å². The molecule has 0 saturated carbocycles. The molecule has 0 aromatic rings. The minimum Gasteiger partial charge on any atom is -0.394 e. The van der Waals surface area contributed by atoms with Crippen LogP contribution >= 0.6 is 0 Å². The van der Waals surface area contributed by atoms with Gasteiger partial charge in [0.15, 0.2) is 0 Å². The average molecular weight is 236 g/mol. The zero-order valence-electron chi connectivity index (χ0n) is 10.1. The topological polar surface area (TPSA) is 79.2 Å². The van der Waals surface area contributed by atoms with Crippen molar-refractivity contribution >= 4 is 0 Å². The molecule has 2 atom stereocenters. The van der Waals surface area contributed by atoms with Crippen molar-refractivity contribution < 1.29 is 24.8 Å². The minimum absolute atomic E-state index is 0.00361. The molecule has 0 spiro atoms. The van der Waals surface area contributed by atoms with Gasteiger partial charge >= 0.3 is 0 Å². The zero-order valence-corrected chi connectivity index (χ0v) is 10.1. The quantitative estimate of drug-likeness (QED) is 0.494. The highest BCUT2D eigenvalue weighted by Crippen LogP contribution is 2.06. The number of rotatable bonds is 10. The van der Waals surface area contributed by atoms with E-state index in [1.54, 1.807) is 0 Å². The summed E-state index contributed by atoms with van der Waals surface area (Å²) in [6, 6.07) is 0. The number of ether oxygens (including phenoxy) is 2. The van der Waals surface area contributed by atoms with Crippen LogP contribution in [0.5, 0.6) is 0 Å². The Kier molecular flexibility index (Phi) is 9.86. The molecule has 0 aliphatic rings. The molecule has 5 heteroatoms. The van der Waals surface area contributed by atoms with Gasteiger partial charge in [0.25, 0.3) is 0 Å². The fourth-order valence-electron chi connectivity index (χ4n) is 1.21. The molecule has 2 unspecified atom stereocenters. The maximum absolute atomic E-state index is 8.94. The highest BCUT2D eigenvalue weighted by atomic mass is 16.6. The summed E-state index contributed by atoms with van der Waals surface area (Å²) in [4.78, 5) is 0. The summed E-state index contributed by atoms with van der Waals surface area (Å²) in [5.74, 6) is 0. The van der Waals surface area contributed by atoms with Crippen molar-refractivity contribution in [3.05, 3.63) is 0 Å². The van der Waals surface area contributed by atoms with Crippen LogP contribution in [-0.4, -0.2) is 60.1 Å². The Balaban J connectivity index is 3.90. The van der Waals surface area contributed by atoms with Crippen molar-refractivity contribution in [3.8, 4) is 0 Å². The molecule has 0 aliphatic carbocycles. The lowest BCUT2D eigenvalue weighted by Crippen LogP contribution is -2.32. The predicted molar refractivity (Wildman–Crippen MR) is 60.2 cm³/mol. The Hall–Kier alpha value is -0.200. The maximum Gasteiger partial charge on any atom is 0.104 e. The van der Waals surface area contributed by atoms with Gasteiger partial charge in [0, 0.05) is 0 Å². The van der Waals surface area contributed by atoms with E-state index in [0.717, 1.165) is 12.8 Å². The highest BCUT2D eigenvalue weighted by molar-refractivity contribution is 4.62. The number of hydrogen-bond acceptors (Lipinski definition) is 5. The summed E-state index contributed by atoms with van der Waals surface area (Å²) in [5.41, 5.74) is 0. The summed E-state index contributed by atoms with van der Waals surface area (Å²) >= 11 is 0. The second kappa shape index (κ2) is 9.99. The third-order valence-corrected chi connectivity index (χ3v) is 2.42. The van der Waals surface area contributed by atoms with Crippen LogP contribution in [0.4, 0.5) is 0 Å². The molecular formula is C11H24O5. The largest absolute Gasteiger partial charge is 0.394 e. The van der Waals surface area contributed by atoms with Gasteiger partial charge in [-0.15, -0.1) is 0 Å². The van der Waals surface area contributed by atoms with E-state index in [-0.39, 0.29) is 32.0 Å². The van der Waals surface area contributed by atoms with Crippen LogP contribution in [0.3, 0.4) is 0 Å². The molecule has 0 radical (unpaired) electrons. The van der Waals surface area contributed by atoms with E-state index >= 15 is 0 Å². The predicted octanol–water partition coefficient (Wildman–Crippen LogP) is -0.0777. The first-order valence-corrected chi connectivity index (χ1v) is 5.81. The van der Waals surface area contributed by atoms with E-state index in [0.29, 0.717) is 6.61 Å². The normalized spacial score (nSPS) is 15.4. The zero-order chi connectivity index (χ0) is 12.4. The molecule has 0 bridgehead atoms. The number of aliphatic hydroxyl groups is 3. The van der Waals surface area contributed by atoms with Crippen LogP contribution in [0, 0.1) is 0 Å². The van der Waals surface area contributed by atoms with Gasteiger partial charge in [0.1, 0.15) is 6.10 Å². The molecule has 0 aromatic heterocycles. The molecule has 0 aliphatic heterocycles. The number of aliphatic hydroxyl groups excluding tert-OH is 3. The standard InChI is InChI=1S/C11H24O5/c1-3-9(5-12)15-8-10(4-2)16-11(6-13)7-14/h9-14H,3-8H2,1-2H3. The van der Waals surface area contributed by atoms with Crippen molar-refractivity contribution in [1.82, 2.24) is 0 Å². The molecular weight excluding hydrogens is 212 g/mol. The molecule has 5 nitrogen and oxygen atoms in total. The van der Waals surface area contributed by atoms with E-state index in [2.05, 4.69) is 0 Å². The summed E-state index contributed by atoms with van der Waals surface area (Å²) in [7, 11) is 0. The third kappa shape index (κ3) is 6.40. The first-order valence-electron chi connectivity index (χ1n) is 5.81. The van der Waals surface area contributed by atoms with Gasteiger partial charge in [-0.3, -0.25) is 0 Å². The monoisotopic (exact) mass is 236 g/mol. The van der Waals surface area contributed by atoms with Crippen molar-refractivity contribution in [2.75, 3.05) is 26.4 Å². The SMILES string of the molecule is CCC(CO)OCC(CC)OC(CO)CO. The van der Waals surface area contributed by atoms with Crippen molar-refractivity contribution in [3.63, 3.8) is 0 Å². The van der Waals surface area contributed by atoms with Crippen LogP contribution in [0.2, 0.25) is 0 Å². The molecule has 98 valence electrons. The summed E-state index contributed by atoms with van der Waals surface area (Å²) in [6.45, 7) is 3.84. The Bertz CT molecular complexity index is 145. The first-order chi connectivity index (χ1) is 7.71. The molecule has 0 heterocycles. The molecule has 0 amide bonds. The molecule has 16 heavy (non-hydrogen) atoms. The Labute approximate surface area is 97.0 Å². The lowest BCUT2D eigenvalue weighted by Gasteiger charge is -2.23. The maximum atomic E-state index is 8.94. The smallest absolute Gasteiger partial charge is 0.104 e. The van der Waals surface area contributed by atoms with Gasteiger partial charge in [0.2, 0.25) is 0 Å². The van der Waals surface area contributed by atoms with E-state index in [1.807, 2.05) is 13.8 Å². The van der Waals surface area contributed by atoms with Gasteiger partial charge in [-0.2, -0.15) is 0 Å². The Morgan fingerprint density at radius 2 is 1.31 bits per heavy atom. The van der Waals surface area contributed by atoms with Crippen LogP contribution in [-0.2, 0) is 9.47 Å². The van der Waals surface area contributed by atoms with Gasteiger partial charge in [-0.25, -0.2) is 0 Å². The summed E-state index contributed by atoms with van der Waals surface area (Å²) in [5, 5.41) is 26.7. The van der Waals surface area contributed by atoms with Gasteiger partial charge in [-0.05, 0) is 12.8 Å². The first kappa shape index (κ1) is 15.8. The van der Waals surface area contributed by atoms with E-state index in [4.69, 9.17) is 24.8 Å². The van der Waals surface area contributed by atoms with Crippen LogP contribution in [0.25, 0.3) is 0 Å². The molecule has 0 rings (SSSR count). The molecule has 3 N–H and O–H groups in total. The molecule has 0 saturated heterocycles. The van der Waals surface area contributed by atoms with E-state index in [9.17, 15) is 0 Å². The van der Waals surface area contributed by atoms with Crippen LogP contribution in [0.15, 0.2) is 0 Å². The lowest BCUT2D eigenvalue weighted by atomic mass is 10.2. The lowest BCUT2D eigenvalue weighted by molar-refractivity contribution is -0.108. The van der Waals surface area contributed by atoms with E-state index < -0.39 is 6.10 Å². The molecule has 0 fully saturated rings. The summed E-state index contributed by atoms with van der Waals surface area (Å²) < 4.78 is 10.9. The van der Waals surface area contributed by atoms with Crippen molar-refractivity contribution in [1.29, 1.82) is 0 Å². The Morgan fingerprint density at radius 1 is 0.812 bits per heavy atom. The average Bonchev–Trinajstić information content (AvgIpc) is 2.34. The summed E-state index contributed by atoms with van der Waals surface area (Å²) in [6.07, 6.45) is 0.598. The third-order valence-electron chi connectivity index (χ3n) is 2.42. The highest BCUT2D eigenvalue weighted by Gasteiger charge is 2.16. The van der Waals surface area contributed by atoms with Gasteiger partial charge in [-0.1, -0.05) is 13.8 Å². The minimum atomic E-state index is -0.553. The van der Waals surface area contributed by atoms with E-state index in [1.165, 1.54) is 0 Å². The van der Waals surface area contributed by atoms with Crippen LogP contribution < -0.4 is 0 Å². The Morgan fingerprint density at radius 3 is 1.69 bits per heavy atom. The van der Waals surface area contributed by atoms with Crippen LogP contribution in [0.1, 0.15) is 26.7 Å². The second-order valence-electron chi connectivity index (χ2n) is 3.70. The fraction of sp³-hybridized carbons (Fsp3) is 1.00. The second-order valence-corrected chi connectivity index (χ2v) is 3.70. The molecule has 0 aromatic carbocycles.